The van der Waals surface area contributed by atoms with Crippen LogP contribution in [-0.4, -0.2) is 9.97 Å². The van der Waals surface area contributed by atoms with Gasteiger partial charge in [-0.2, -0.15) is 18.2 Å². The molecular weight excluding hydrogens is 361 g/mol. The van der Waals surface area contributed by atoms with Gasteiger partial charge in [-0.25, -0.2) is 0 Å². The molecular formula is C18H16N4Y-2. The minimum absolute atomic E-state index is 0. The van der Waals surface area contributed by atoms with Crippen molar-refractivity contribution in [3.63, 3.8) is 0 Å². The molecule has 5 heteroatoms. The summed E-state index contributed by atoms with van der Waals surface area (Å²) in [4.78, 5) is 7.10. The zero-order chi connectivity index (χ0) is 15.5. The third-order valence-corrected chi connectivity index (χ3v) is 2.52. The maximum absolute atomic E-state index is 3.91. The van der Waals surface area contributed by atoms with Crippen molar-refractivity contribution in [1.29, 1.82) is 0 Å². The summed E-state index contributed by atoms with van der Waals surface area (Å²) in [5, 5.41) is 6.34. The van der Waals surface area contributed by atoms with Crippen LogP contribution in [0.3, 0.4) is 0 Å². The van der Waals surface area contributed by atoms with Crippen LogP contribution in [-0.2, 0) is 32.7 Å². The van der Waals surface area contributed by atoms with E-state index in [-0.39, 0.29) is 32.7 Å². The number of para-hydroxylation sites is 1. The maximum atomic E-state index is 3.91. The Morgan fingerprint density at radius 2 is 1.39 bits per heavy atom. The number of nitrogens with one attached hydrogen (secondary N) is 2. The van der Waals surface area contributed by atoms with Crippen molar-refractivity contribution in [3.8, 4) is 0 Å². The molecule has 0 bridgehead atoms. The van der Waals surface area contributed by atoms with Crippen LogP contribution in [0.2, 0.25) is 0 Å². The topological polar surface area (TPSA) is 49.8 Å². The monoisotopic (exact) mass is 377 g/mol. The standard InChI is InChI=1S/C14H13N2.C4H3N2.Y/c1-12(15-13-8-4-2-5-9-13)16-14-10-6-3-7-11-14;1-2-5-4-6-3-1;/h2,4-11,15-16H,1H2;1-3H;/q2*-1;. The number of anilines is 2. The van der Waals surface area contributed by atoms with Crippen molar-refractivity contribution in [2.24, 2.45) is 0 Å². The average molecular weight is 377 g/mol. The van der Waals surface area contributed by atoms with Crippen LogP contribution >= 0.6 is 0 Å². The van der Waals surface area contributed by atoms with Gasteiger partial charge in [0.25, 0.3) is 0 Å². The molecule has 2 aromatic carbocycles. The minimum Gasteiger partial charge on any atom is -0.374 e. The van der Waals surface area contributed by atoms with E-state index in [1.807, 2.05) is 54.6 Å². The van der Waals surface area contributed by atoms with Crippen molar-refractivity contribution >= 4 is 11.4 Å². The summed E-state index contributed by atoms with van der Waals surface area (Å²) >= 11 is 0. The fourth-order valence-corrected chi connectivity index (χ4v) is 1.60. The van der Waals surface area contributed by atoms with Crippen molar-refractivity contribution in [3.05, 3.63) is 97.9 Å². The number of hydrogen-bond donors (Lipinski definition) is 2. The molecule has 0 aliphatic heterocycles. The number of rotatable bonds is 4. The minimum atomic E-state index is 0. The number of nitrogens with zero attached hydrogens (tertiary/aromatic N) is 2. The number of aromatic nitrogens is 2. The Kier molecular flexibility index (Phi) is 9.52. The molecule has 4 nitrogen and oxygen atoms in total. The van der Waals surface area contributed by atoms with Crippen LogP contribution in [0.5, 0.6) is 0 Å². The number of benzene rings is 2. The van der Waals surface area contributed by atoms with E-state index in [9.17, 15) is 0 Å². The molecule has 0 amide bonds. The van der Waals surface area contributed by atoms with E-state index in [1.54, 1.807) is 18.5 Å². The molecule has 0 atom stereocenters. The molecule has 1 aromatic heterocycles. The Balaban J connectivity index is 0.000000320. The van der Waals surface area contributed by atoms with Gasteiger partial charge < -0.3 is 20.6 Å². The van der Waals surface area contributed by atoms with Gasteiger partial charge in [0.15, 0.2) is 0 Å². The SMILES string of the molecule is C=C(Nc1cc[c-]cc1)Nc1ccccc1.[Y].[c-]1ncccn1. The van der Waals surface area contributed by atoms with Crippen molar-refractivity contribution in [2.45, 2.75) is 0 Å². The molecule has 113 valence electrons. The van der Waals surface area contributed by atoms with Crippen molar-refractivity contribution in [1.82, 2.24) is 9.97 Å². The smallest absolute Gasteiger partial charge is 0.0983 e. The predicted octanol–water partition coefficient (Wildman–Crippen LogP) is 3.76. The van der Waals surface area contributed by atoms with E-state index in [0.29, 0.717) is 0 Å². The second kappa shape index (κ2) is 11.5. The Morgan fingerprint density at radius 3 is 1.87 bits per heavy atom. The van der Waals surface area contributed by atoms with Gasteiger partial charge >= 0.3 is 0 Å². The van der Waals surface area contributed by atoms with Gasteiger partial charge in [-0.1, -0.05) is 42.9 Å². The summed E-state index contributed by atoms with van der Waals surface area (Å²) in [5.74, 6) is 0.748. The fourth-order valence-electron chi connectivity index (χ4n) is 1.60. The van der Waals surface area contributed by atoms with Gasteiger partial charge in [-0.05, 0) is 12.1 Å². The molecule has 0 unspecified atom stereocenters. The first-order chi connectivity index (χ1) is 10.8. The summed E-state index contributed by atoms with van der Waals surface area (Å²) in [6, 6.07) is 22.2. The normalized spacial score (nSPS) is 8.70. The van der Waals surface area contributed by atoms with E-state index in [1.165, 1.54) is 0 Å². The van der Waals surface area contributed by atoms with Gasteiger partial charge in [0, 0.05) is 44.7 Å². The van der Waals surface area contributed by atoms with Crippen LogP contribution in [0.4, 0.5) is 11.4 Å². The van der Waals surface area contributed by atoms with Gasteiger partial charge in [0.05, 0.1) is 5.82 Å². The van der Waals surface area contributed by atoms with E-state index >= 15 is 0 Å². The summed E-state index contributed by atoms with van der Waals surface area (Å²) in [6.07, 6.45) is 5.66. The van der Waals surface area contributed by atoms with Crippen molar-refractivity contribution < 1.29 is 32.7 Å². The molecule has 23 heavy (non-hydrogen) atoms. The first-order valence-electron chi connectivity index (χ1n) is 6.72. The first kappa shape index (κ1) is 19.0. The van der Waals surface area contributed by atoms with Crippen LogP contribution in [0, 0.1) is 12.4 Å². The Morgan fingerprint density at radius 1 is 0.826 bits per heavy atom. The van der Waals surface area contributed by atoms with E-state index in [4.69, 9.17) is 0 Å². The van der Waals surface area contributed by atoms with Gasteiger partial charge in [-0.3, -0.25) is 0 Å². The third kappa shape index (κ3) is 8.24. The number of hydrogen-bond acceptors (Lipinski definition) is 4. The molecule has 0 fully saturated rings. The molecule has 3 aromatic rings. The van der Waals surface area contributed by atoms with E-state index < -0.39 is 0 Å². The molecule has 0 aliphatic rings. The predicted molar refractivity (Wildman–Crippen MR) is 89.0 cm³/mol. The second-order valence-electron chi connectivity index (χ2n) is 4.23. The van der Waals surface area contributed by atoms with Crippen LogP contribution in [0.15, 0.2) is 85.5 Å². The molecule has 0 spiro atoms. The third-order valence-electron chi connectivity index (χ3n) is 2.52. The quantitative estimate of drug-likeness (QED) is 0.680. The zero-order valence-electron chi connectivity index (χ0n) is 12.6. The molecule has 1 heterocycles. The zero-order valence-corrected chi connectivity index (χ0v) is 15.4. The molecule has 0 saturated carbocycles. The van der Waals surface area contributed by atoms with E-state index in [2.05, 4.69) is 39.6 Å². The Bertz CT molecular complexity index is 590. The fraction of sp³-hybridized carbons (Fsp3) is 0. The Labute approximate surface area is 162 Å². The molecule has 2 N–H and O–H groups in total. The Hall–Kier alpha value is -2.04. The summed E-state index contributed by atoms with van der Waals surface area (Å²) in [5.41, 5.74) is 2.01. The summed E-state index contributed by atoms with van der Waals surface area (Å²) < 4.78 is 0. The van der Waals surface area contributed by atoms with Gasteiger partial charge in [0.1, 0.15) is 0 Å². The van der Waals surface area contributed by atoms with Crippen LogP contribution in [0.1, 0.15) is 0 Å². The second-order valence-corrected chi connectivity index (χ2v) is 4.23. The molecule has 1 radical (unpaired) electrons. The van der Waals surface area contributed by atoms with Crippen LogP contribution in [0.25, 0.3) is 0 Å². The molecule has 0 saturated heterocycles. The van der Waals surface area contributed by atoms with Crippen molar-refractivity contribution in [2.75, 3.05) is 10.6 Å². The van der Waals surface area contributed by atoms with Gasteiger partial charge in [-0.15, -0.1) is 18.2 Å². The molecule has 0 aliphatic carbocycles. The average Bonchev–Trinajstić information content (AvgIpc) is 2.59. The largest absolute Gasteiger partial charge is 0.374 e. The first-order valence-corrected chi connectivity index (χ1v) is 6.72. The summed E-state index contributed by atoms with van der Waals surface area (Å²) in [7, 11) is 0. The van der Waals surface area contributed by atoms with Gasteiger partial charge in [0.2, 0.25) is 0 Å². The maximum Gasteiger partial charge on any atom is 0.0983 e. The molecule has 3 rings (SSSR count). The summed E-state index contributed by atoms with van der Waals surface area (Å²) in [6.45, 7) is 3.91. The van der Waals surface area contributed by atoms with Crippen LogP contribution < -0.4 is 10.6 Å². The van der Waals surface area contributed by atoms with E-state index in [0.717, 1.165) is 17.2 Å².